The van der Waals surface area contributed by atoms with Crippen LogP contribution >= 0.6 is 0 Å². The normalized spacial score (nSPS) is 12.2. The van der Waals surface area contributed by atoms with Gasteiger partial charge >= 0.3 is 0 Å². The van der Waals surface area contributed by atoms with E-state index < -0.39 is 0 Å². The second-order valence-corrected chi connectivity index (χ2v) is 3.98. The molecule has 12 heavy (non-hydrogen) atoms. The smallest absolute Gasteiger partial charge is 0.165 e. The lowest BCUT2D eigenvalue weighted by Crippen LogP contribution is -2.37. The molecule has 0 aliphatic heterocycles. The van der Waals surface area contributed by atoms with Gasteiger partial charge in [-0.15, -0.1) is 0 Å². The molecule has 0 fully saturated rings. The van der Waals surface area contributed by atoms with E-state index in [4.69, 9.17) is 4.74 Å². The van der Waals surface area contributed by atoms with E-state index in [9.17, 15) is 4.79 Å². The summed E-state index contributed by atoms with van der Waals surface area (Å²) in [5.74, 6) is 0.152. The topological polar surface area (TPSA) is 29.5 Å². The van der Waals surface area contributed by atoms with Gasteiger partial charge in [-0.1, -0.05) is 13.8 Å². The summed E-state index contributed by atoms with van der Waals surface area (Å²) in [5, 5.41) is 0. The van der Waals surface area contributed by atoms with Gasteiger partial charge in [0.2, 0.25) is 0 Å². The standard InChI is InChI=1S/C9H19NO2/c1-9(2,7-10(3)4)8(11)6-12-5/h6-7H2,1-5H3. The fourth-order valence-electron chi connectivity index (χ4n) is 1.21. The van der Waals surface area contributed by atoms with Gasteiger partial charge in [0, 0.05) is 19.1 Å². The largest absolute Gasteiger partial charge is 0.377 e. The third-order valence-electron chi connectivity index (χ3n) is 1.74. The number of ether oxygens (including phenoxy) is 1. The summed E-state index contributed by atoms with van der Waals surface area (Å²) in [6, 6.07) is 0. The molecule has 72 valence electrons. The van der Waals surface area contributed by atoms with Gasteiger partial charge in [0.1, 0.15) is 6.61 Å². The lowest BCUT2D eigenvalue weighted by atomic mass is 9.88. The van der Waals surface area contributed by atoms with Gasteiger partial charge in [-0.3, -0.25) is 4.79 Å². The molecule has 3 nitrogen and oxygen atoms in total. The Morgan fingerprint density at radius 2 is 1.92 bits per heavy atom. The van der Waals surface area contributed by atoms with Crippen LogP contribution in [-0.4, -0.2) is 45.0 Å². The van der Waals surface area contributed by atoms with Crippen LogP contribution in [0.4, 0.5) is 0 Å². The van der Waals surface area contributed by atoms with Gasteiger partial charge < -0.3 is 9.64 Å². The number of methoxy groups -OCH3 is 1. The Hall–Kier alpha value is -0.410. The second kappa shape index (κ2) is 4.58. The zero-order chi connectivity index (χ0) is 9.78. The minimum absolute atomic E-state index is 0.152. The number of carbonyl (C=O) groups is 1. The molecule has 3 heteroatoms. The first-order valence-corrected chi connectivity index (χ1v) is 4.07. The molecule has 0 aromatic carbocycles. The molecular formula is C9H19NO2. The van der Waals surface area contributed by atoms with Crippen molar-refractivity contribution in [2.75, 3.05) is 34.4 Å². The van der Waals surface area contributed by atoms with Gasteiger partial charge in [0.05, 0.1) is 0 Å². The van der Waals surface area contributed by atoms with Crippen molar-refractivity contribution < 1.29 is 9.53 Å². The zero-order valence-electron chi connectivity index (χ0n) is 8.68. The van der Waals surface area contributed by atoms with Crippen LogP contribution < -0.4 is 0 Å². The Morgan fingerprint density at radius 1 is 1.42 bits per heavy atom. The van der Waals surface area contributed by atoms with E-state index in [0.717, 1.165) is 6.54 Å². The Labute approximate surface area is 74.7 Å². The monoisotopic (exact) mass is 173 g/mol. The minimum Gasteiger partial charge on any atom is -0.377 e. The van der Waals surface area contributed by atoms with Crippen LogP contribution in [0.25, 0.3) is 0 Å². The maximum absolute atomic E-state index is 11.4. The summed E-state index contributed by atoms with van der Waals surface area (Å²) >= 11 is 0. The molecule has 0 aliphatic carbocycles. The summed E-state index contributed by atoms with van der Waals surface area (Å²) in [4.78, 5) is 13.5. The van der Waals surface area contributed by atoms with Gasteiger partial charge in [0.25, 0.3) is 0 Å². The summed E-state index contributed by atoms with van der Waals surface area (Å²) < 4.78 is 4.80. The maximum atomic E-state index is 11.4. The Balaban J connectivity index is 4.09. The van der Waals surface area contributed by atoms with Crippen molar-refractivity contribution >= 4 is 5.78 Å². The van der Waals surface area contributed by atoms with Gasteiger partial charge in [-0.2, -0.15) is 0 Å². The number of Topliss-reactive ketones (excluding diaryl/α,β-unsaturated/α-hetero) is 1. The number of rotatable bonds is 5. The minimum atomic E-state index is -0.306. The van der Waals surface area contributed by atoms with E-state index >= 15 is 0 Å². The van der Waals surface area contributed by atoms with Crippen molar-refractivity contribution in [1.82, 2.24) is 4.90 Å². The van der Waals surface area contributed by atoms with Crippen LogP contribution in [0.5, 0.6) is 0 Å². The molecule has 0 N–H and O–H groups in total. The molecule has 0 saturated heterocycles. The lowest BCUT2D eigenvalue weighted by Gasteiger charge is -2.26. The molecule has 0 heterocycles. The number of carbonyl (C=O) groups excluding carboxylic acids is 1. The Bertz CT molecular complexity index is 153. The van der Waals surface area contributed by atoms with E-state index in [-0.39, 0.29) is 17.8 Å². The van der Waals surface area contributed by atoms with E-state index in [0.29, 0.717) is 0 Å². The fraction of sp³-hybridized carbons (Fsp3) is 0.889. The van der Waals surface area contributed by atoms with Crippen molar-refractivity contribution in [3.05, 3.63) is 0 Å². The molecule has 0 spiro atoms. The van der Waals surface area contributed by atoms with Crippen LogP contribution in [0.3, 0.4) is 0 Å². The van der Waals surface area contributed by atoms with E-state index in [1.165, 1.54) is 0 Å². The SMILES string of the molecule is COCC(=O)C(C)(C)CN(C)C. The molecule has 0 unspecified atom stereocenters. The van der Waals surface area contributed by atoms with Crippen LogP contribution in [0.1, 0.15) is 13.8 Å². The molecule has 0 aliphatic rings. The molecular weight excluding hydrogens is 154 g/mol. The first-order valence-electron chi connectivity index (χ1n) is 4.07. The summed E-state index contributed by atoms with van der Waals surface area (Å²) in [7, 11) is 5.47. The van der Waals surface area contributed by atoms with Crippen LogP contribution in [0.2, 0.25) is 0 Å². The van der Waals surface area contributed by atoms with E-state index in [1.54, 1.807) is 7.11 Å². The van der Waals surface area contributed by atoms with Crippen molar-refractivity contribution in [1.29, 1.82) is 0 Å². The summed E-state index contributed by atoms with van der Waals surface area (Å²) in [5.41, 5.74) is -0.306. The number of nitrogens with zero attached hydrogens (tertiary/aromatic N) is 1. The Morgan fingerprint density at radius 3 is 2.25 bits per heavy atom. The van der Waals surface area contributed by atoms with Crippen molar-refractivity contribution in [2.45, 2.75) is 13.8 Å². The molecule has 0 aromatic heterocycles. The zero-order valence-corrected chi connectivity index (χ0v) is 8.68. The lowest BCUT2D eigenvalue weighted by molar-refractivity contribution is -0.131. The van der Waals surface area contributed by atoms with Crippen molar-refractivity contribution in [3.8, 4) is 0 Å². The van der Waals surface area contributed by atoms with E-state index in [2.05, 4.69) is 0 Å². The second-order valence-electron chi connectivity index (χ2n) is 3.98. The van der Waals surface area contributed by atoms with Crippen LogP contribution in [-0.2, 0) is 9.53 Å². The molecule has 0 atom stereocenters. The maximum Gasteiger partial charge on any atom is 0.165 e. The number of hydrogen-bond acceptors (Lipinski definition) is 3. The predicted molar refractivity (Wildman–Crippen MR) is 49.2 cm³/mol. The quantitative estimate of drug-likeness (QED) is 0.615. The fourth-order valence-corrected chi connectivity index (χ4v) is 1.21. The van der Waals surface area contributed by atoms with Crippen LogP contribution in [0.15, 0.2) is 0 Å². The third kappa shape index (κ3) is 3.83. The highest BCUT2D eigenvalue weighted by Gasteiger charge is 2.27. The molecule has 0 aromatic rings. The van der Waals surface area contributed by atoms with E-state index in [1.807, 2.05) is 32.8 Å². The molecule has 0 saturated carbocycles. The molecule has 0 bridgehead atoms. The highest BCUT2D eigenvalue weighted by molar-refractivity contribution is 5.85. The highest BCUT2D eigenvalue weighted by Crippen LogP contribution is 2.17. The highest BCUT2D eigenvalue weighted by atomic mass is 16.5. The van der Waals surface area contributed by atoms with Gasteiger partial charge in [-0.05, 0) is 14.1 Å². The summed E-state index contributed by atoms with van der Waals surface area (Å²) in [6.07, 6.45) is 0. The molecule has 0 rings (SSSR count). The average Bonchev–Trinajstić information content (AvgIpc) is 1.85. The number of ketones is 1. The third-order valence-corrected chi connectivity index (χ3v) is 1.74. The predicted octanol–water partition coefficient (Wildman–Crippen LogP) is 0.790. The van der Waals surface area contributed by atoms with Gasteiger partial charge in [0.15, 0.2) is 5.78 Å². The van der Waals surface area contributed by atoms with Crippen molar-refractivity contribution in [3.63, 3.8) is 0 Å². The first kappa shape index (κ1) is 11.6. The van der Waals surface area contributed by atoms with Crippen molar-refractivity contribution in [2.24, 2.45) is 5.41 Å². The molecule has 0 radical (unpaired) electrons. The summed E-state index contributed by atoms with van der Waals surface area (Å²) in [6.45, 7) is 4.85. The number of hydrogen-bond donors (Lipinski definition) is 0. The van der Waals surface area contributed by atoms with Gasteiger partial charge in [-0.25, -0.2) is 0 Å². The van der Waals surface area contributed by atoms with Crippen LogP contribution in [0, 0.1) is 5.41 Å². The first-order chi connectivity index (χ1) is 5.40. The Kier molecular flexibility index (Phi) is 4.42. The average molecular weight is 173 g/mol. The molecule has 0 amide bonds.